The highest BCUT2D eigenvalue weighted by Gasteiger charge is 2.28. The zero-order chi connectivity index (χ0) is 14.8. The molecule has 106 valence electrons. The Labute approximate surface area is 119 Å². The summed E-state index contributed by atoms with van der Waals surface area (Å²) < 4.78 is 13.2. The van der Waals surface area contributed by atoms with Gasteiger partial charge < -0.3 is 9.94 Å². The predicted octanol–water partition coefficient (Wildman–Crippen LogP) is 2.47. The van der Waals surface area contributed by atoms with Crippen molar-refractivity contribution in [2.45, 2.75) is 12.5 Å². The minimum absolute atomic E-state index is 0.182. The number of carboxylic acid groups (broad SMARTS) is 1. The predicted molar refractivity (Wildman–Crippen MR) is 73.3 cm³/mol. The number of hydrogen-bond donors (Lipinski definition) is 1. The van der Waals surface area contributed by atoms with Gasteiger partial charge in [-0.15, -0.1) is 0 Å². The second-order valence-corrected chi connectivity index (χ2v) is 4.62. The average molecular weight is 286 g/mol. The molecule has 0 bridgehead atoms. The van der Waals surface area contributed by atoms with Crippen LogP contribution < -0.4 is 0 Å². The van der Waals surface area contributed by atoms with Crippen LogP contribution in [0.3, 0.4) is 0 Å². The molecule has 1 N–H and O–H groups in total. The minimum Gasteiger partial charge on any atom is -0.478 e. The lowest BCUT2D eigenvalue weighted by atomic mass is 10.1. The minimum atomic E-state index is -1.05. The third kappa shape index (κ3) is 2.74. The van der Waals surface area contributed by atoms with Crippen LogP contribution >= 0.6 is 0 Å². The van der Waals surface area contributed by atoms with Gasteiger partial charge in [-0.3, -0.25) is 4.98 Å². The van der Waals surface area contributed by atoms with Gasteiger partial charge in [0.25, 0.3) is 0 Å². The molecule has 21 heavy (non-hydrogen) atoms. The van der Waals surface area contributed by atoms with Gasteiger partial charge in [-0.25, -0.2) is 9.18 Å². The molecule has 0 aliphatic carbocycles. The monoisotopic (exact) mass is 286 g/mol. The second kappa shape index (κ2) is 5.32. The average Bonchev–Trinajstić information content (AvgIpc) is 2.97. The fourth-order valence-electron chi connectivity index (χ4n) is 2.06. The highest BCUT2D eigenvalue weighted by atomic mass is 19.1. The summed E-state index contributed by atoms with van der Waals surface area (Å²) in [6.07, 6.45) is 0.826. The van der Waals surface area contributed by atoms with Crippen molar-refractivity contribution >= 4 is 11.7 Å². The normalized spacial score (nSPS) is 17.2. The van der Waals surface area contributed by atoms with E-state index in [0.29, 0.717) is 11.4 Å². The van der Waals surface area contributed by atoms with Gasteiger partial charge >= 0.3 is 5.97 Å². The number of rotatable bonds is 3. The highest BCUT2D eigenvalue weighted by Crippen LogP contribution is 2.21. The molecule has 0 saturated carbocycles. The maximum absolute atomic E-state index is 13.2. The molecule has 5 nitrogen and oxygen atoms in total. The lowest BCUT2D eigenvalue weighted by molar-refractivity contribution is -0.148. The first kappa shape index (κ1) is 13.2. The van der Waals surface area contributed by atoms with Crippen molar-refractivity contribution in [3.63, 3.8) is 0 Å². The lowest BCUT2D eigenvalue weighted by Gasteiger charge is -2.03. The number of pyridine rings is 1. The summed E-state index contributed by atoms with van der Waals surface area (Å²) in [5.74, 6) is -1.36. The summed E-state index contributed by atoms with van der Waals surface area (Å²) in [4.78, 5) is 19.8. The van der Waals surface area contributed by atoms with Crippen LogP contribution in [0.2, 0.25) is 0 Å². The molecule has 2 aromatic rings. The number of aliphatic carboxylic acids is 1. The zero-order valence-corrected chi connectivity index (χ0v) is 10.9. The fraction of sp³-hybridized carbons (Fsp3) is 0.133. The standard InChI is InChI=1S/C15H11FN2O3/c16-11-3-1-2-9(6-11)10-4-5-12(17-8-10)13-7-14(15(19)20)21-18-13/h1-6,8,14H,7H2,(H,19,20). The summed E-state index contributed by atoms with van der Waals surface area (Å²) >= 11 is 0. The van der Waals surface area contributed by atoms with Gasteiger partial charge in [-0.05, 0) is 23.8 Å². The Bertz CT molecular complexity index is 713. The molecule has 6 heteroatoms. The molecule has 1 atom stereocenters. The SMILES string of the molecule is O=C(O)C1CC(c2ccc(-c3cccc(F)c3)cn2)=NO1. The smallest absolute Gasteiger partial charge is 0.348 e. The van der Waals surface area contributed by atoms with Gasteiger partial charge in [-0.2, -0.15) is 0 Å². The van der Waals surface area contributed by atoms with Gasteiger partial charge in [0, 0.05) is 18.2 Å². The first-order valence-corrected chi connectivity index (χ1v) is 6.31. The molecule has 1 aromatic heterocycles. The Hall–Kier alpha value is -2.76. The Kier molecular flexibility index (Phi) is 3.35. The molecule has 1 aliphatic rings. The summed E-state index contributed by atoms with van der Waals surface area (Å²) in [6.45, 7) is 0. The van der Waals surface area contributed by atoms with Crippen molar-refractivity contribution in [2.24, 2.45) is 5.16 Å². The van der Waals surface area contributed by atoms with Crippen LogP contribution in [0.5, 0.6) is 0 Å². The van der Waals surface area contributed by atoms with Crippen LogP contribution in [0.15, 0.2) is 47.8 Å². The first-order chi connectivity index (χ1) is 10.1. The van der Waals surface area contributed by atoms with E-state index in [4.69, 9.17) is 9.94 Å². The van der Waals surface area contributed by atoms with Gasteiger partial charge in [0.05, 0.1) is 5.69 Å². The number of oxime groups is 1. The van der Waals surface area contributed by atoms with Crippen LogP contribution in [-0.2, 0) is 9.63 Å². The Morgan fingerprint density at radius 1 is 1.29 bits per heavy atom. The van der Waals surface area contributed by atoms with Crippen LogP contribution in [0.1, 0.15) is 12.1 Å². The van der Waals surface area contributed by atoms with Crippen LogP contribution in [0.25, 0.3) is 11.1 Å². The number of hydrogen-bond acceptors (Lipinski definition) is 4. The molecule has 0 spiro atoms. The Balaban J connectivity index is 1.81. The van der Waals surface area contributed by atoms with Crippen molar-refractivity contribution in [1.82, 2.24) is 4.98 Å². The number of benzene rings is 1. The Morgan fingerprint density at radius 2 is 2.14 bits per heavy atom. The molecule has 3 rings (SSSR count). The van der Waals surface area contributed by atoms with E-state index < -0.39 is 12.1 Å². The zero-order valence-electron chi connectivity index (χ0n) is 10.9. The number of carbonyl (C=O) groups is 1. The molecule has 0 fully saturated rings. The van der Waals surface area contributed by atoms with E-state index in [0.717, 1.165) is 11.1 Å². The quantitative estimate of drug-likeness (QED) is 0.940. The number of carboxylic acids is 1. The van der Waals surface area contributed by atoms with E-state index in [9.17, 15) is 9.18 Å². The van der Waals surface area contributed by atoms with E-state index >= 15 is 0 Å². The number of aromatic nitrogens is 1. The molecule has 1 aliphatic heterocycles. The van der Waals surface area contributed by atoms with E-state index in [1.165, 1.54) is 12.1 Å². The molecule has 1 unspecified atom stereocenters. The highest BCUT2D eigenvalue weighted by molar-refractivity contribution is 6.02. The first-order valence-electron chi connectivity index (χ1n) is 6.31. The van der Waals surface area contributed by atoms with Gasteiger partial charge in [0.1, 0.15) is 11.5 Å². The van der Waals surface area contributed by atoms with Crippen molar-refractivity contribution in [1.29, 1.82) is 0 Å². The summed E-state index contributed by atoms with van der Waals surface area (Å²) in [5, 5.41) is 12.6. The van der Waals surface area contributed by atoms with Gasteiger partial charge in [-0.1, -0.05) is 23.4 Å². The summed E-state index contributed by atoms with van der Waals surface area (Å²) in [6, 6.07) is 9.72. The molecule has 0 amide bonds. The Morgan fingerprint density at radius 3 is 2.76 bits per heavy atom. The molecule has 0 radical (unpaired) electrons. The summed E-state index contributed by atoms with van der Waals surface area (Å²) in [7, 11) is 0. The van der Waals surface area contributed by atoms with Crippen molar-refractivity contribution in [3.05, 3.63) is 54.1 Å². The third-order valence-electron chi connectivity index (χ3n) is 3.16. The maximum atomic E-state index is 13.2. The van der Waals surface area contributed by atoms with Crippen LogP contribution in [0, 0.1) is 5.82 Å². The van der Waals surface area contributed by atoms with Gasteiger partial charge in [0.15, 0.2) is 0 Å². The van der Waals surface area contributed by atoms with E-state index in [-0.39, 0.29) is 12.2 Å². The molecular weight excluding hydrogens is 275 g/mol. The molecule has 1 aromatic carbocycles. The summed E-state index contributed by atoms with van der Waals surface area (Å²) in [5.41, 5.74) is 2.54. The van der Waals surface area contributed by atoms with E-state index in [2.05, 4.69) is 10.1 Å². The van der Waals surface area contributed by atoms with Gasteiger partial charge in [0.2, 0.25) is 6.10 Å². The molecule has 0 saturated heterocycles. The van der Waals surface area contributed by atoms with Crippen molar-refractivity contribution in [2.75, 3.05) is 0 Å². The number of halogens is 1. The fourth-order valence-corrected chi connectivity index (χ4v) is 2.06. The second-order valence-electron chi connectivity index (χ2n) is 4.62. The van der Waals surface area contributed by atoms with E-state index in [1.807, 2.05) is 0 Å². The number of nitrogens with zero attached hydrogens (tertiary/aromatic N) is 2. The largest absolute Gasteiger partial charge is 0.478 e. The van der Waals surface area contributed by atoms with Crippen LogP contribution in [-0.4, -0.2) is 27.9 Å². The van der Waals surface area contributed by atoms with E-state index in [1.54, 1.807) is 30.5 Å². The van der Waals surface area contributed by atoms with Crippen LogP contribution in [0.4, 0.5) is 4.39 Å². The molecule has 2 heterocycles. The van der Waals surface area contributed by atoms with Crippen molar-refractivity contribution < 1.29 is 19.1 Å². The molecular formula is C15H11FN2O3. The van der Waals surface area contributed by atoms with Crippen molar-refractivity contribution in [3.8, 4) is 11.1 Å². The lowest BCUT2D eigenvalue weighted by Crippen LogP contribution is -2.20. The third-order valence-corrected chi connectivity index (χ3v) is 3.16. The topological polar surface area (TPSA) is 71.8 Å². The maximum Gasteiger partial charge on any atom is 0.348 e.